The molecule has 0 radical (unpaired) electrons. The topological polar surface area (TPSA) is 300 Å². The van der Waals surface area contributed by atoms with Crippen molar-refractivity contribution in [1.82, 2.24) is 65.8 Å². The molecule has 0 aromatic heterocycles. The van der Waals surface area contributed by atoms with E-state index in [9.17, 15) is 38.4 Å². The molecule has 1 aliphatic carbocycles. The highest BCUT2D eigenvalue weighted by atomic mass is 16.5. The third-order valence-electron chi connectivity index (χ3n) is 20.1. The van der Waals surface area contributed by atoms with Gasteiger partial charge in [-0.25, -0.2) is 0 Å². The highest BCUT2D eigenvalue weighted by Crippen LogP contribution is 2.37. The van der Waals surface area contributed by atoms with Crippen molar-refractivity contribution < 1.29 is 62.3 Å². The van der Waals surface area contributed by atoms with E-state index in [2.05, 4.69) is 26.6 Å². The molecular weight excluding hydrogens is 1240 g/mol. The van der Waals surface area contributed by atoms with Crippen molar-refractivity contribution >= 4 is 70.9 Å². The summed E-state index contributed by atoms with van der Waals surface area (Å²) in [4.78, 5) is 188. The summed E-state index contributed by atoms with van der Waals surface area (Å²) >= 11 is 0. The third kappa shape index (κ3) is 23.9. The van der Waals surface area contributed by atoms with Crippen molar-refractivity contribution in [2.75, 3.05) is 88.7 Å². The Morgan fingerprint density at radius 2 is 0.990 bits per heavy atom. The van der Waals surface area contributed by atoms with Gasteiger partial charge in [0.15, 0.2) is 0 Å². The maximum atomic E-state index is 15.2. The third-order valence-corrected chi connectivity index (χ3v) is 20.1. The van der Waals surface area contributed by atoms with E-state index >= 15 is 19.2 Å². The number of nitrogens with zero attached hydrogens (tertiary/aromatic N) is 8. The minimum Gasteiger partial charge on any atom is -0.373 e. The summed E-state index contributed by atoms with van der Waals surface area (Å²) in [6.45, 7) is 25.5. The lowest BCUT2D eigenvalue weighted by molar-refractivity contribution is -0.151. The smallest absolute Gasteiger partial charge is 0.247 e. The molecule has 26 heteroatoms. The highest BCUT2D eigenvalue weighted by Gasteiger charge is 2.45. The van der Waals surface area contributed by atoms with Crippen LogP contribution in [0.2, 0.25) is 0 Å². The molecule has 97 heavy (non-hydrogen) atoms. The van der Waals surface area contributed by atoms with Crippen molar-refractivity contribution in [3.63, 3.8) is 0 Å². The molecule has 0 aromatic carbocycles. The summed E-state index contributed by atoms with van der Waals surface area (Å²) in [5, 5.41) is 15.3. The summed E-state index contributed by atoms with van der Waals surface area (Å²) in [6, 6.07) is -10.9. The van der Waals surface area contributed by atoms with Crippen LogP contribution in [0, 0.1) is 41.4 Å². The Bertz CT molecular complexity index is 2720. The number of likely N-dealkylation sites (tertiary alicyclic amines) is 1. The van der Waals surface area contributed by atoms with Gasteiger partial charge in [-0.1, -0.05) is 88.5 Å². The Labute approximate surface area is 579 Å². The fourth-order valence-corrected chi connectivity index (χ4v) is 13.7. The summed E-state index contributed by atoms with van der Waals surface area (Å²) in [7, 11) is 10.1. The first-order valence-electron chi connectivity index (χ1n) is 35.9. The van der Waals surface area contributed by atoms with E-state index < -0.39 is 156 Å². The molecule has 4 fully saturated rings. The minimum atomic E-state index is -1.44. The lowest BCUT2D eigenvalue weighted by Gasteiger charge is -2.38. The van der Waals surface area contributed by atoms with Gasteiger partial charge in [0.1, 0.15) is 54.4 Å². The molecule has 3 unspecified atom stereocenters. The van der Waals surface area contributed by atoms with Gasteiger partial charge in [0.2, 0.25) is 70.9 Å². The van der Waals surface area contributed by atoms with Crippen molar-refractivity contribution in [3.8, 4) is 0 Å². The Morgan fingerprint density at radius 3 is 1.52 bits per heavy atom. The summed E-state index contributed by atoms with van der Waals surface area (Å²) in [5.74, 6) is -8.54. The molecule has 13 atom stereocenters. The molecule has 552 valence electrons. The second-order valence-electron chi connectivity index (χ2n) is 31.1. The maximum absolute atomic E-state index is 15.2. The standard InChI is InChI=1S/C71H125N13O13/c1-22-46(10)61-70(96)83(21)56(34-44(6)7)63(89)74-51(36-48-38-72-50-29-25-24-28-49(48)50)66(92)78(16)40-60(87)81(19)57(35-45(8)9)69(95)82(20)55(33-43(4)5)64(90)75-53(41-97-71(12,13)14)67(93)79(17)47(11)62(88)73-52(68(94)84-30-26-23-27-31-84)37-58(85)77(15)39-59(86)80(18)54(32-42(2)3)65(91)76-61/h42-57,61,72H,22-41H2,1-21H3,(H,73,88)(H,74,89)(H,75,90)(H,76,91)/t46-,47-,48?,49?,50?,51-,52-,53-,54-,55-,56-,57-,61-/m0/s1. The number of hydrogen-bond donors (Lipinski definition) is 5. The number of carbonyl (C=O) groups excluding carboxylic acids is 12. The van der Waals surface area contributed by atoms with Crippen LogP contribution < -0.4 is 26.6 Å². The van der Waals surface area contributed by atoms with Gasteiger partial charge in [0, 0.05) is 68.5 Å². The zero-order valence-electron chi connectivity index (χ0n) is 62.8. The Hall–Kier alpha value is -6.44. The van der Waals surface area contributed by atoms with Gasteiger partial charge >= 0.3 is 0 Å². The van der Waals surface area contributed by atoms with Crippen molar-refractivity contribution in [3.05, 3.63) is 0 Å². The van der Waals surface area contributed by atoms with Gasteiger partial charge < -0.3 is 70.5 Å². The Kier molecular flexibility index (Phi) is 32.2. The Morgan fingerprint density at radius 1 is 0.515 bits per heavy atom. The van der Waals surface area contributed by atoms with E-state index in [-0.39, 0.29) is 80.3 Å². The van der Waals surface area contributed by atoms with E-state index in [4.69, 9.17) is 4.74 Å². The van der Waals surface area contributed by atoms with Crippen molar-refractivity contribution in [2.45, 2.75) is 253 Å². The fourth-order valence-electron chi connectivity index (χ4n) is 13.7. The van der Waals surface area contributed by atoms with Gasteiger partial charge in [-0.15, -0.1) is 0 Å². The number of fused-ring (bicyclic) bond motifs is 1. The van der Waals surface area contributed by atoms with Crippen LogP contribution in [0.4, 0.5) is 0 Å². The van der Waals surface area contributed by atoms with Gasteiger partial charge in [-0.05, 0) is 140 Å². The van der Waals surface area contributed by atoms with E-state index in [1.54, 1.807) is 32.6 Å². The van der Waals surface area contributed by atoms with Crippen LogP contribution in [0.1, 0.15) is 187 Å². The molecule has 0 bridgehead atoms. The number of nitrogens with one attached hydrogen (secondary N) is 5. The van der Waals surface area contributed by atoms with Crippen LogP contribution in [0.15, 0.2) is 0 Å². The van der Waals surface area contributed by atoms with Gasteiger partial charge in [-0.2, -0.15) is 0 Å². The molecular formula is C71H125N13O13. The van der Waals surface area contributed by atoms with Crippen molar-refractivity contribution in [1.29, 1.82) is 0 Å². The summed E-state index contributed by atoms with van der Waals surface area (Å²) in [5.41, 5.74) is -0.819. The first-order chi connectivity index (χ1) is 45.2. The van der Waals surface area contributed by atoms with E-state index in [0.29, 0.717) is 38.9 Å². The van der Waals surface area contributed by atoms with E-state index in [1.807, 2.05) is 62.3 Å². The lowest BCUT2D eigenvalue weighted by Crippen LogP contribution is -2.61. The number of piperidine rings is 1. The zero-order valence-corrected chi connectivity index (χ0v) is 62.8. The van der Waals surface area contributed by atoms with Crippen LogP contribution in [0.25, 0.3) is 0 Å². The predicted octanol–water partition coefficient (Wildman–Crippen LogP) is 3.63. The average Bonchev–Trinajstić information content (AvgIpc) is 1.61. The molecule has 4 aliphatic rings. The molecule has 0 spiro atoms. The molecule has 4 rings (SSSR count). The molecule has 3 saturated heterocycles. The molecule has 12 amide bonds. The van der Waals surface area contributed by atoms with Gasteiger partial charge in [0.25, 0.3) is 0 Å². The second kappa shape index (κ2) is 37.7. The van der Waals surface area contributed by atoms with E-state index in [1.165, 1.54) is 80.8 Å². The highest BCUT2D eigenvalue weighted by molar-refractivity contribution is 5.99. The molecule has 1 saturated carbocycles. The van der Waals surface area contributed by atoms with Crippen molar-refractivity contribution in [2.24, 2.45) is 41.4 Å². The normalized spacial score (nSPS) is 28.8. The molecule has 26 nitrogen and oxygen atoms in total. The number of ether oxygens (including phenoxy) is 1. The van der Waals surface area contributed by atoms with Crippen LogP contribution in [-0.4, -0.2) is 265 Å². The second-order valence-corrected chi connectivity index (χ2v) is 31.1. The first kappa shape index (κ1) is 83.0. The summed E-state index contributed by atoms with van der Waals surface area (Å²) < 4.78 is 6.13. The van der Waals surface area contributed by atoms with Crippen LogP contribution in [-0.2, 0) is 62.3 Å². The van der Waals surface area contributed by atoms with E-state index in [0.717, 1.165) is 41.9 Å². The minimum absolute atomic E-state index is 0.0212. The largest absolute Gasteiger partial charge is 0.373 e. The summed E-state index contributed by atoms with van der Waals surface area (Å²) in [6.07, 6.45) is 6.97. The van der Waals surface area contributed by atoms with Crippen LogP contribution in [0.5, 0.6) is 0 Å². The number of rotatable bonds is 15. The average molecular weight is 1370 g/mol. The molecule has 5 N–H and O–H groups in total. The lowest BCUT2D eigenvalue weighted by atomic mass is 9.77. The maximum Gasteiger partial charge on any atom is 0.247 e. The van der Waals surface area contributed by atoms with Crippen LogP contribution in [0.3, 0.4) is 0 Å². The molecule has 3 aliphatic heterocycles. The monoisotopic (exact) mass is 1370 g/mol. The van der Waals surface area contributed by atoms with Gasteiger partial charge in [-0.3, -0.25) is 57.5 Å². The zero-order chi connectivity index (χ0) is 73.2. The number of amides is 12. The molecule has 0 aromatic rings. The quantitative estimate of drug-likeness (QED) is 0.157. The first-order valence-corrected chi connectivity index (χ1v) is 35.9. The van der Waals surface area contributed by atoms with Crippen LogP contribution >= 0.6 is 0 Å². The number of likely N-dealkylation sites (N-methyl/N-ethyl adjacent to an activating group) is 7. The predicted molar refractivity (Wildman–Crippen MR) is 371 cm³/mol. The Balaban J connectivity index is 1.91. The number of hydrogen-bond acceptors (Lipinski definition) is 14. The van der Waals surface area contributed by atoms with Gasteiger partial charge in [0.05, 0.1) is 31.7 Å². The fraction of sp³-hybridized carbons (Fsp3) is 0.831. The number of carbonyl (C=O) groups is 12. The molecule has 3 heterocycles. The SMILES string of the molecule is CC[C@H](C)[C@@H]1NC(=O)[C@H](CC(C)C)N(C)C(=O)CN(C)C(=O)C[C@@H](C(=O)N2CCCCC2)NC(=O)[C@H](C)N(C)C(=O)[C@H](COC(C)(C)C)NC(=O)[C@H](CC(C)C)N(C)C(=O)[C@H](CC(C)C)N(C)C(=O)CN(C)C(=O)[C@H](CC2CNC3CCCCC23)NC(=O)[C@H](CC(C)C)N(C)C1=O.